The summed E-state index contributed by atoms with van der Waals surface area (Å²) in [6, 6.07) is 1.66. The average Bonchev–Trinajstić information content (AvgIpc) is 3.22. The summed E-state index contributed by atoms with van der Waals surface area (Å²) in [5.74, 6) is 0.299. The van der Waals surface area contributed by atoms with Gasteiger partial charge in [-0.05, 0) is 37.7 Å². The van der Waals surface area contributed by atoms with Crippen molar-refractivity contribution in [3.8, 4) is 0 Å². The number of likely N-dealkylation sites (tertiary alicyclic amines) is 1. The topological polar surface area (TPSA) is 79.6 Å². The van der Waals surface area contributed by atoms with Gasteiger partial charge in [-0.1, -0.05) is 0 Å². The maximum absolute atomic E-state index is 12.1. The van der Waals surface area contributed by atoms with E-state index in [-0.39, 0.29) is 11.2 Å². The molecule has 7 heteroatoms. The SMILES string of the molecule is O=C(c1ccoc1)N1CCC(CNS(=O)(=O)C2CC2)CC1. The molecule has 2 aliphatic rings. The van der Waals surface area contributed by atoms with Gasteiger partial charge in [0.1, 0.15) is 6.26 Å². The van der Waals surface area contributed by atoms with E-state index in [9.17, 15) is 13.2 Å². The first-order chi connectivity index (χ1) is 10.1. The molecule has 2 heterocycles. The predicted molar refractivity (Wildman–Crippen MR) is 77.3 cm³/mol. The van der Waals surface area contributed by atoms with Crippen LogP contribution in [0.1, 0.15) is 36.0 Å². The highest BCUT2D eigenvalue weighted by Gasteiger charge is 2.36. The number of amides is 1. The third-order valence-corrected chi connectivity index (χ3v) is 6.12. The van der Waals surface area contributed by atoms with Crippen LogP contribution in [0, 0.1) is 5.92 Å². The molecule has 1 N–H and O–H groups in total. The third kappa shape index (κ3) is 3.47. The lowest BCUT2D eigenvalue weighted by Gasteiger charge is -2.31. The molecule has 0 aromatic carbocycles. The normalized spacial score (nSPS) is 20.7. The number of carbonyl (C=O) groups excluding carboxylic acids is 1. The first-order valence-corrected chi connectivity index (χ1v) is 8.91. The van der Waals surface area contributed by atoms with Gasteiger partial charge in [-0.15, -0.1) is 0 Å². The highest BCUT2D eigenvalue weighted by Crippen LogP contribution is 2.28. The first-order valence-electron chi connectivity index (χ1n) is 7.36. The van der Waals surface area contributed by atoms with Gasteiger partial charge in [-0.2, -0.15) is 0 Å². The van der Waals surface area contributed by atoms with Crippen LogP contribution >= 0.6 is 0 Å². The standard InChI is InChI=1S/C14H20N2O4S/c17-14(12-5-8-20-10-12)16-6-3-11(4-7-16)9-15-21(18,19)13-1-2-13/h5,8,10-11,13,15H,1-4,6-7,9H2. The Balaban J connectivity index is 1.46. The third-order valence-electron chi connectivity index (χ3n) is 4.21. The maximum Gasteiger partial charge on any atom is 0.257 e. The molecule has 0 spiro atoms. The van der Waals surface area contributed by atoms with Crippen LogP contribution < -0.4 is 4.72 Å². The van der Waals surface area contributed by atoms with Crippen molar-refractivity contribution < 1.29 is 17.6 Å². The van der Waals surface area contributed by atoms with Crippen LogP contribution in [0.4, 0.5) is 0 Å². The van der Waals surface area contributed by atoms with Crippen molar-refractivity contribution in [3.05, 3.63) is 24.2 Å². The molecular formula is C14H20N2O4S. The number of hydrogen-bond donors (Lipinski definition) is 1. The molecular weight excluding hydrogens is 292 g/mol. The highest BCUT2D eigenvalue weighted by atomic mass is 32.2. The molecule has 6 nitrogen and oxygen atoms in total. The Morgan fingerprint density at radius 1 is 1.29 bits per heavy atom. The van der Waals surface area contributed by atoms with Crippen LogP contribution in [0.2, 0.25) is 0 Å². The average molecular weight is 312 g/mol. The highest BCUT2D eigenvalue weighted by molar-refractivity contribution is 7.90. The van der Waals surface area contributed by atoms with Crippen LogP contribution in [0.5, 0.6) is 0 Å². The molecule has 0 bridgehead atoms. The Morgan fingerprint density at radius 3 is 2.57 bits per heavy atom. The molecule has 1 saturated carbocycles. The smallest absolute Gasteiger partial charge is 0.257 e. The van der Waals surface area contributed by atoms with Crippen LogP contribution in [0.15, 0.2) is 23.0 Å². The lowest BCUT2D eigenvalue weighted by atomic mass is 9.97. The molecule has 1 aliphatic heterocycles. The molecule has 116 valence electrons. The molecule has 1 amide bonds. The second-order valence-electron chi connectivity index (χ2n) is 5.84. The van der Waals surface area contributed by atoms with Crippen molar-refractivity contribution in [2.45, 2.75) is 30.9 Å². The minimum Gasteiger partial charge on any atom is -0.472 e. The number of nitrogens with zero attached hydrogens (tertiary/aromatic N) is 1. The fourth-order valence-electron chi connectivity index (χ4n) is 2.64. The van der Waals surface area contributed by atoms with Crippen molar-refractivity contribution in [1.82, 2.24) is 9.62 Å². The largest absolute Gasteiger partial charge is 0.472 e. The summed E-state index contributed by atoms with van der Waals surface area (Å²) in [4.78, 5) is 13.9. The summed E-state index contributed by atoms with van der Waals surface area (Å²) in [6.45, 7) is 1.83. The summed E-state index contributed by atoms with van der Waals surface area (Å²) in [7, 11) is -3.09. The number of hydrogen-bond acceptors (Lipinski definition) is 4. The van der Waals surface area contributed by atoms with E-state index in [2.05, 4.69) is 4.72 Å². The molecule has 1 saturated heterocycles. The summed E-state index contributed by atoms with van der Waals surface area (Å²) < 4.78 is 31.2. The van der Waals surface area contributed by atoms with Gasteiger partial charge < -0.3 is 9.32 Å². The second kappa shape index (κ2) is 5.81. The summed E-state index contributed by atoms with van der Waals surface area (Å²) in [6.07, 6.45) is 6.18. The van der Waals surface area contributed by atoms with Crippen LogP contribution in [0.25, 0.3) is 0 Å². The van der Waals surface area contributed by atoms with Gasteiger partial charge >= 0.3 is 0 Å². The Hall–Kier alpha value is -1.34. The summed E-state index contributed by atoms with van der Waals surface area (Å²) in [5.41, 5.74) is 0.572. The molecule has 1 aromatic rings. The number of carbonyl (C=O) groups is 1. The number of nitrogens with one attached hydrogen (secondary N) is 1. The van der Waals surface area contributed by atoms with Crippen molar-refractivity contribution in [3.63, 3.8) is 0 Å². The van der Waals surface area contributed by atoms with E-state index in [1.807, 2.05) is 0 Å². The van der Waals surface area contributed by atoms with Gasteiger partial charge in [-0.3, -0.25) is 4.79 Å². The Bertz CT molecular complexity index is 585. The monoisotopic (exact) mass is 312 g/mol. The summed E-state index contributed by atoms with van der Waals surface area (Å²) >= 11 is 0. The van der Waals surface area contributed by atoms with Crippen LogP contribution in [-0.4, -0.2) is 44.1 Å². The number of furan rings is 1. The number of piperidine rings is 1. The van der Waals surface area contributed by atoms with Crippen molar-refractivity contribution in [2.24, 2.45) is 5.92 Å². The van der Waals surface area contributed by atoms with E-state index in [0.717, 1.165) is 25.7 Å². The Morgan fingerprint density at radius 2 is 2.00 bits per heavy atom. The second-order valence-corrected chi connectivity index (χ2v) is 7.89. The van der Waals surface area contributed by atoms with Crippen molar-refractivity contribution in [2.75, 3.05) is 19.6 Å². The fraction of sp³-hybridized carbons (Fsp3) is 0.643. The van der Waals surface area contributed by atoms with E-state index >= 15 is 0 Å². The zero-order chi connectivity index (χ0) is 14.9. The van der Waals surface area contributed by atoms with E-state index in [1.165, 1.54) is 12.5 Å². The van der Waals surface area contributed by atoms with E-state index in [0.29, 0.717) is 31.1 Å². The fourth-order valence-corrected chi connectivity index (χ4v) is 4.10. The van der Waals surface area contributed by atoms with Crippen molar-refractivity contribution >= 4 is 15.9 Å². The first kappa shape index (κ1) is 14.6. The quantitative estimate of drug-likeness (QED) is 0.886. The van der Waals surface area contributed by atoms with Crippen LogP contribution in [0.3, 0.4) is 0 Å². The number of sulfonamides is 1. The molecule has 1 aliphatic carbocycles. The molecule has 0 radical (unpaired) electrons. The van der Waals surface area contributed by atoms with E-state index in [1.54, 1.807) is 11.0 Å². The maximum atomic E-state index is 12.1. The lowest BCUT2D eigenvalue weighted by Crippen LogP contribution is -2.41. The molecule has 0 unspecified atom stereocenters. The minimum absolute atomic E-state index is 0.0132. The zero-order valence-electron chi connectivity index (χ0n) is 11.8. The predicted octanol–water partition coefficient (Wildman–Crippen LogP) is 1.21. The number of rotatable bonds is 5. The van der Waals surface area contributed by atoms with Gasteiger partial charge in [0.05, 0.1) is 17.1 Å². The Kier molecular flexibility index (Phi) is 4.03. The van der Waals surface area contributed by atoms with E-state index < -0.39 is 10.0 Å². The molecule has 21 heavy (non-hydrogen) atoms. The Labute approximate surface area is 124 Å². The summed E-state index contributed by atoms with van der Waals surface area (Å²) in [5, 5.41) is -0.166. The lowest BCUT2D eigenvalue weighted by molar-refractivity contribution is 0.0691. The van der Waals surface area contributed by atoms with Gasteiger partial charge in [-0.25, -0.2) is 13.1 Å². The van der Waals surface area contributed by atoms with E-state index in [4.69, 9.17) is 4.42 Å². The minimum atomic E-state index is -3.09. The van der Waals surface area contributed by atoms with Gasteiger partial charge in [0.25, 0.3) is 5.91 Å². The van der Waals surface area contributed by atoms with Gasteiger partial charge in [0.2, 0.25) is 10.0 Å². The van der Waals surface area contributed by atoms with Gasteiger partial charge in [0.15, 0.2) is 0 Å². The molecule has 1 aromatic heterocycles. The molecule has 2 fully saturated rings. The van der Waals surface area contributed by atoms with Crippen LogP contribution in [-0.2, 0) is 10.0 Å². The van der Waals surface area contributed by atoms with Gasteiger partial charge in [0, 0.05) is 19.6 Å². The zero-order valence-corrected chi connectivity index (χ0v) is 12.6. The van der Waals surface area contributed by atoms with Crippen molar-refractivity contribution in [1.29, 1.82) is 0 Å². The molecule has 0 atom stereocenters. The molecule has 3 rings (SSSR count).